The Morgan fingerprint density at radius 2 is 2.06 bits per heavy atom. The lowest BCUT2D eigenvalue weighted by Crippen LogP contribution is -2.13. The van der Waals surface area contributed by atoms with Crippen molar-refractivity contribution < 1.29 is 0 Å². The lowest BCUT2D eigenvalue weighted by molar-refractivity contribution is 0.768. The molecule has 0 N–H and O–H groups in total. The zero-order valence-electron chi connectivity index (χ0n) is 10.5. The Labute approximate surface area is 102 Å². The number of hydrogen-bond donors (Lipinski definition) is 0. The second-order valence-corrected chi connectivity index (χ2v) is 4.96. The van der Waals surface area contributed by atoms with E-state index in [9.17, 15) is 0 Å². The molecule has 3 heteroatoms. The molecule has 2 heterocycles. The van der Waals surface area contributed by atoms with Crippen molar-refractivity contribution in [2.45, 2.75) is 12.8 Å². The van der Waals surface area contributed by atoms with E-state index in [1.807, 2.05) is 17.9 Å². The van der Waals surface area contributed by atoms with Gasteiger partial charge in [-0.25, -0.2) is 0 Å². The number of hydrogen-bond acceptors (Lipinski definition) is 2. The Kier molecular flexibility index (Phi) is 2.21. The first kappa shape index (κ1) is 10.4. The van der Waals surface area contributed by atoms with Crippen molar-refractivity contribution in [2.24, 2.45) is 7.05 Å². The summed E-state index contributed by atoms with van der Waals surface area (Å²) >= 11 is 0. The zero-order chi connectivity index (χ0) is 12.0. The predicted octanol–water partition coefficient (Wildman–Crippen LogP) is 2.64. The van der Waals surface area contributed by atoms with Crippen LogP contribution in [-0.2, 0) is 7.05 Å². The quantitative estimate of drug-likeness (QED) is 0.746. The molecule has 3 nitrogen and oxygen atoms in total. The number of likely N-dealkylation sites (N-methyl/N-ethyl adjacent to an activating group) is 1. The van der Waals surface area contributed by atoms with Crippen molar-refractivity contribution in [3.8, 4) is 11.1 Å². The second kappa shape index (κ2) is 3.62. The summed E-state index contributed by atoms with van der Waals surface area (Å²) < 4.78 is 1.85. The van der Waals surface area contributed by atoms with Gasteiger partial charge in [-0.05, 0) is 23.3 Å². The van der Waals surface area contributed by atoms with E-state index in [0.29, 0.717) is 5.92 Å². The molecule has 0 bridgehead atoms. The average molecular weight is 227 g/mol. The summed E-state index contributed by atoms with van der Waals surface area (Å²) in [6.07, 6.45) is 3.98. The summed E-state index contributed by atoms with van der Waals surface area (Å²) in [6.45, 7) is 3.40. The van der Waals surface area contributed by atoms with Crippen LogP contribution in [0.1, 0.15) is 18.4 Å². The fourth-order valence-electron chi connectivity index (χ4n) is 2.65. The molecule has 0 unspecified atom stereocenters. The van der Waals surface area contributed by atoms with Gasteiger partial charge in [-0.2, -0.15) is 5.10 Å². The normalized spacial score (nSPS) is 18.5. The fraction of sp³-hybridized carbons (Fsp3) is 0.357. The topological polar surface area (TPSA) is 21.1 Å². The van der Waals surface area contributed by atoms with Crippen LogP contribution in [0.5, 0.6) is 0 Å². The first-order valence-electron chi connectivity index (χ1n) is 5.99. The van der Waals surface area contributed by atoms with Gasteiger partial charge in [-0.1, -0.05) is 13.0 Å². The van der Waals surface area contributed by atoms with Crippen LogP contribution in [0.15, 0.2) is 30.6 Å². The van der Waals surface area contributed by atoms with Gasteiger partial charge in [0.15, 0.2) is 0 Å². The molecular weight excluding hydrogens is 210 g/mol. The van der Waals surface area contributed by atoms with Gasteiger partial charge in [0.05, 0.1) is 6.20 Å². The van der Waals surface area contributed by atoms with Gasteiger partial charge in [0.2, 0.25) is 0 Å². The van der Waals surface area contributed by atoms with E-state index in [1.54, 1.807) is 0 Å². The lowest BCUT2D eigenvalue weighted by atomic mass is 9.99. The molecule has 0 radical (unpaired) electrons. The summed E-state index contributed by atoms with van der Waals surface area (Å²) in [5.74, 6) is 0.617. The lowest BCUT2D eigenvalue weighted by Gasteiger charge is -2.11. The van der Waals surface area contributed by atoms with E-state index in [4.69, 9.17) is 0 Å². The summed E-state index contributed by atoms with van der Waals surface area (Å²) in [4.78, 5) is 2.33. The first-order valence-corrected chi connectivity index (χ1v) is 5.99. The van der Waals surface area contributed by atoms with Crippen molar-refractivity contribution in [3.05, 3.63) is 36.2 Å². The Morgan fingerprint density at radius 1 is 1.24 bits per heavy atom. The number of nitrogens with zero attached hydrogens (tertiary/aromatic N) is 3. The van der Waals surface area contributed by atoms with Crippen LogP contribution in [0.2, 0.25) is 0 Å². The summed E-state index contributed by atoms with van der Waals surface area (Å²) in [5, 5.41) is 4.23. The van der Waals surface area contributed by atoms with Gasteiger partial charge in [-0.3, -0.25) is 4.68 Å². The van der Waals surface area contributed by atoms with E-state index in [-0.39, 0.29) is 0 Å². The molecule has 1 aliphatic heterocycles. The van der Waals surface area contributed by atoms with Crippen molar-refractivity contribution in [1.82, 2.24) is 9.78 Å². The summed E-state index contributed by atoms with van der Waals surface area (Å²) in [5.41, 5.74) is 5.27. The molecule has 1 atom stereocenters. The number of aromatic nitrogens is 2. The Morgan fingerprint density at radius 3 is 2.76 bits per heavy atom. The number of anilines is 1. The number of rotatable bonds is 1. The second-order valence-electron chi connectivity index (χ2n) is 4.96. The van der Waals surface area contributed by atoms with Crippen LogP contribution in [0.25, 0.3) is 11.1 Å². The first-order chi connectivity index (χ1) is 8.15. The number of fused-ring (bicyclic) bond motifs is 1. The maximum atomic E-state index is 4.23. The molecule has 0 saturated carbocycles. The molecule has 3 rings (SSSR count). The van der Waals surface area contributed by atoms with Crippen LogP contribution in [0.3, 0.4) is 0 Å². The highest BCUT2D eigenvalue weighted by Crippen LogP contribution is 2.37. The van der Waals surface area contributed by atoms with Crippen LogP contribution >= 0.6 is 0 Å². The van der Waals surface area contributed by atoms with Gasteiger partial charge < -0.3 is 4.90 Å². The van der Waals surface area contributed by atoms with Gasteiger partial charge in [0, 0.05) is 44.0 Å². The minimum absolute atomic E-state index is 0.617. The molecule has 1 aromatic heterocycles. The maximum Gasteiger partial charge on any atom is 0.0568 e. The largest absolute Gasteiger partial charge is 0.374 e. The predicted molar refractivity (Wildman–Crippen MR) is 70.3 cm³/mol. The fourth-order valence-corrected chi connectivity index (χ4v) is 2.65. The van der Waals surface area contributed by atoms with Crippen LogP contribution in [0.4, 0.5) is 5.69 Å². The molecule has 0 amide bonds. The van der Waals surface area contributed by atoms with E-state index in [2.05, 4.69) is 48.4 Å². The molecular formula is C14H17N3. The van der Waals surface area contributed by atoms with E-state index < -0.39 is 0 Å². The van der Waals surface area contributed by atoms with Crippen LogP contribution < -0.4 is 4.90 Å². The Balaban J connectivity index is 2.07. The number of aryl methyl sites for hydroxylation is 1. The van der Waals surface area contributed by atoms with Crippen molar-refractivity contribution in [1.29, 1.82) is 0 Å². The maximum absolute atomic E-state index is 4.23. The summed E-state index contributed by atoms with van der Waals surface area (Å²) in [7, 11) is 4.11. The van der Waals surface area contributed by atoms with E-state index in [0.717, 1.165) is 6.54 Å². The third kappa shape index (κ3) is 1.62. The number of benzene rings is 1. The zero-order valence-corrected chi connectivity index (χ0v) is 10.5. The van der Waals surface area contributed by atoms with Crippen molar-refractivity contribution in [2.75, 3.05) is 18.5 Å². The molecule has 17 heavy (non-hydrogen) atoms. The Bertz CT molecular complexity index is 556. The van der Waals surface area contributed by atoms with Crippen molar-refractivity contribution >= 4 is 5.69 Å². The molecule has 88 valence electrons. The molecule has 0 fully saturated rings. The van der Waals surface area contributed by atoms with Crippen LogP contribution in [-0.4, -0.2) is 23.4 Å². The van der Waals surface area contributed by atoms with Gasteiger partial charge in [-0.15, -0.1) is 0 Å². The molecule has 1 aliphatic rings. The third-order valence-corrected chi connectivity index (χ3v) is 3.56. The minimum atomic E-state index is 0.617. The highest BCUT2D eigenvalue weighted by atomic mass is 15.2. The highest BCUT2D eigenvalue weighted by molar-refractivity contribution is 5.70. The SMILES string of the molecule is C[C@@H]1CN(C)c2ccc(-c3cnn(C)c3)cc21. The Hall–Kier alpha value is -1.77. The van der Waals surface area contributed by atoms with Gasteiger partial charge >= 0.3 is 0 Å². The average Bonchev–Trinajstić information content (AvgIpc) is 2.85. The smallest absolute Gasteiger partial charge is 0.0568 e. The monoisotopic (exact) mass is 227 g/mol. The molecule has 0 spiro atoms. The van der Waals surface area contributed by atoms with E-state index in [1.165, 1.54) is 22.4 Å². The molecule has 0 aliphatic carbocycles. The van der Waals surface area contributed by atoms with Gasteiger partial charge in [0.25, 0.3) is 0 Å². The van der Waals surface area contributed by atoms with Crippen molar-refractivity contribution in [3.63, 3.8) is 0 Å². The highest BCUT2D eigenvalue weighted by Gasteiger charge is 2.23. The summed E-state index contributed by atoms with van der Waals surface area (Å²) in [6, 6.07) is 6.71. The molecule has 0 saturated heterocycles. The van der Waals surface area contributed by atoms with E-state index >= 15 is 0 Å². The standard InChI is InChI=1S/C14H17N3/c1-10-8-16(2)14-5-4-11(6-13(10)14)12-7-15-17(3)9-12/h4-7,9-10H,8H2,1-3H3/t10-/m1/s1. The molecule has 2 aromatic rings. The minimum Gasteiger partial charge on any atom is -0.374 e. The van der Waals surface area contributed by atoms with Gasteiger partial charge in [0.1, 0.15) is 0 Å². The third-order valence-electron chi connectivity index (χ3n) is 3.56. The van der Waals surface area contributed by atoms with Crippen LogP contribution in [0, 0.1) is 0 Å². The molecule has 1 aromatic carbocycles.